The van der Waals surface area contributed by atoms with Gasteiger partial charge < -0.3 is 16.3 Å². The normalized spacial score (nSPS) is 11.2. The molecule has 0 unspecified atom stereocenters. The SMILES string of the molecule is N/C(=N/O)c1ccc(NC(=O)c2cc(Br)ccc2F)cc1. The van der Waals surface area contributed by atoms with Gasteiger partial charge in [-0.05, 0) is 42.5 Å². The first-order valence-corrected chi connectivity index (χ1v) is 6.65. The number of nitrogens with zero attached hydrogens (tertiary/aromatic N) is 1. The van der Waals surface area contributed by atoms with Crippen molar-refractivity contribution in [3.05, 3.63) is 63.9 Å². The quantitative estimate of drug-likeness (QED) is 0.344. The van der Waals surface area contributed by atoms with E-state index in [0.29, 0.717) is 15.7 Å². The number of anilines is 1. The molecule has 2 aromatic rings. The molecule has 21 heavy (non-hydrogen) atoms. The molecule has 0 aliphatic carbocycles. The van der Waals surface area contributed by atoms with Gasteiger partial charge in [0.15, 0.2) is 5.84 Å². The monoisotopic (exact) mass is 351 g/mol. The Hall–Kier alpha value is -2.41. The molecule has 5 nitrogen and oxygen atoms in total. The van der Waals surface area contributed by atoms with E-state index in [4.69, 9.17) is 10.9 Å². The van der Waals surface area contributed by atoms with Crippen molar-refractivity contribution in [2.45, 2.75) is 0 Å². The minimum atomic E-state index is -0.607. The fraction of sp³-hybridized carbons (Fsp3) is 0. The molecule has 108 valence electrons. The van der Waals surface area contributed by atoms with Crippen LogP contribution in [0, 0.1) is 5.82 Å². The summed E-state index contributed by atoms with van der Waals surface area (Å²) in [6.07, 6.45) is 0. The molecular formula is C14H11BrFN3O2. The van der Waals surface area contributed by atoms with Gasteiger partial charge in [-0.2, -0.15) is 0 Å². The van der Waals surface area contributed by atoms with E-state index >= 15 is 0 Å². The molecule has 2 aromatic carbocycles. The second-order valence-electron chi connectivity index (χ2n) is 4.14. The van der Waals surface area contributed by atoms with Gasteiger partial charge in [-0.25, -0.2) is 4.39 Å². The smallest absolute Gasteiger partial charge is 0.258 e. The van der Waals surface area contributed by atoms with Crippen LogP contribution < -0.4 is 11.1 Å². The van der Waals surface area contributed by atoms with Gasteiger partial charge in [0, 0.05) is 15.7 Å². The first-order chi connectivity index (χ1) is 10.0. The number of rotatable bonds is 3. The molecule has 0 heterocycles. The van der Waals surface area contributed by atoms with Crippen LogP contribution in [0.2, 0.25) is 0 Å². The Kier molecular flexibility index (Phi) is 4.54. The summed E-state index contributed by atoms with van der Waals surface area (Å²) in [6.45, 7) is 0. The molecule has 1 amide bonds. The lowest BCUT2D eigenvalue weighted by Crippen LogP contribution is -2.15. The highest BCUT2D eigenvalue weighted by Gasteiger charge is 2.12. The van der Waals surface area contributed by atoms with Gasteiger partial charge in [0.25, 0.3) is 5.91 Å². The number of amidine groups is 1. The van der Waals surface area contributed by atoms with Crippen LogP contribution in [0.25, 0.3) is 0 Å². The van der Waals surface area contributed by atoms with E-state index in [1.165, 1.54) is 18.2 Å². The van der Waals surface area contributed by atoms with Crippen LogP contribution in [0.3, 0.4) is 0 Å². The standard InChI is InChI=1S/C14H11BrFN3O2/c15-9-3-6-12(16)11(7-9)14(20)18-10-4-1-8(2-5-10)13(17)19-21/h1-7,21H,(H2,17,19)(H,18,20). The fourth-order valence-electron chi connectivity index (χ4n) is 1.65. The van der Waals surface area contributed by atoms with Crippen molar-refractivity contribution in [1.29, 1.82) is 0 Å². The molecule has 2 rings (SSSR count). The Balaban J connectivity index is 2.18. The van der Waals surface area contributed by atoms with Crippen molar-refractivity contribution < 1.29 is 14.4 Å². The zero-order valence-corrected chi connectivity index (χ0v) is 12.3. The van der Waals surface area contributed by atoms with Gasteiger partial charge in [-0.3, -0.25) is 4.79 Å². The van der Waals surface area contributed by atoms with Gasteiger partial charge in [-0.15, -0.1) is 0 Å². The van der Waals surface area contributed by atoms with Crippen LogP contribution in [0.15, 0.2) is 52.1 Å². The summed E-state index contributed by atoms with van der Waals surface area (Å²) in [7, 11) is 0. The molecule has 0 bridgehead atoms. The van der Waals surface area contributed by atoms with Crippen LogP contribution in [-0.2, 0) is 0 Å². The van der Waals surface area contributed by atoms with E-state index in [2.05, 4.69) is 26.4 Å². The van der Waals surface area contributed by atoms with E-state index in [1.54, 1.807) is 24.3 Å². The summed E-state index contributed by atoms with van der Waals surface area (Å²) in [4.78, 5) is 12.0. The molecule has 0 saturated carbocycles. The summed E-state index contributed by atoms with van der Waals surface area (Å²) in [6, 6.07) is 10.4. The van der Waals surface area contributed by atoms with Crippen molar-refractivity contribution in [3.63, 3.8) is 0 Å². The number of hydrogen-bond acceptors (Lipinski definition) is 3. The summed E-state index contributed by atoms with van der Waals surface area (Å²) < 4.78 is 14.2. The highest BCUT2D eigenvalue weighted by molar-refractivity contribution is 9.10. The molecule has 0 saturated heterocycles. The Morgan fingerprint density at radius 1 is 1.24 bits per heavy atom. The Morgan fingerprint density at radius 2 is 1.90 bits per heavy atom. The topological polar surface area (TPSA) is 87.7 Å². The lowest BCUT2D eigenvalue weighted by Gasteiger charge is -2.07. The molecule has 0 fully saturated rings. The van der Waals surface area contributed by atoms with Crippen molar-refractivity contribution in [1.82, 2.24) is 0 Å². The van der Waals surface area contributed by atoms with Crippen molar-refractivity contribution in [2.75, 3.05) is 5.32 Å². The third kappa shape index (κ3) is 3.57. The first kappa shape index (κ1) is 15.0. The molecule has 4 N–H and O–H groups in total. The molecule has 0 aliphatic rings. The number of oxime groups is 1. The van der Waals surface area contributed by atoms with E-state index in [-0.39, 0.29) is 11.4 Å². The Morgan fingerprint density at radius 3 is 2.52 bits per heavy atom. The maximum absolute atomic E-state index is 13.6. The van der Waals surface area contributed by atoms with Crippen LogP contribution >= 0.6 is 15.9 Å². The van der Waals surface area contributed by atoms with Gasteiger partial charge in [0.05, 0.1) is 5.56 Å². The third-order valence-electron chi connectivity index (χ3n) is 2.72. The number of benzene rings is 2. The average molecular weight is 352 g/mol. The van der Waals surface area contributed by atoms with Crippen molar-refractivity contribution in [2.24, 2.45) is 10.9 Å². The molecule has 0 radical (unpaired) electrons. The fourth-order valence-corrected chi connectivity index (χ4v) is 2.01. The molecular weight excluding hydrogens is 341 g/mol. The van der Waals surface area contributed by atoms with Crippen LogP contribution in [0.4, 0.5) is 10.1 Å². The minimum absolute atomic E-state index is 0.0362. The highest BCUT2D eigenvalue weighted by Crippen LogP contribution is 2.17. The lowest BCUT2D eigenvalue weighted by atomic mass is 10.1. The van der Waals surface area contributed by atoms with Gasteiger partial charge in [-0.1, -0.05) is 21.1 Å². The number of halogens is 2. The minimum Gasteiger partial charge on any atom is -0.409 e. The molecule has 7 heteroatoms. The number of nitrogens with two attached hydrogens (primary N) is 1. The van der Waals surface area contributed by atoms with Crippen molar-refractivity contribution >= 4 is 33.4 Å². The maximum atomic E-state index is 13.6. The summed E-state index contributed by atoms with van der Waals surface area (Å²) >= 11 is 3.19. The maximum Gasteiger partial charge on any atom is 0.258 e. The summed E-state index contributed by atoms with van der Waals surface area (Å²) in [5.74, 6) is -1.21. The molecule has 0 spiro atoms. The Bertz CT molecular complexity index is 702. The number of amides is 1. The number of hydrogen-bond donors (Lipinski definition) is 3. The zero-order valence-electron chi connectivity index (χ0n) is 10.7. The van der Waals surface area contributed by atoms with Gasteiger partial charge in [0.2, 0.25) is 0 Å². The zero-order chi connectivity index (χ0) is 15.4. The number of carbonyl (C=O) groups excluding carboxylic acids is 1. The second kappa shape index (κ2) is 6.36. The van der Waals surface area contributed by atoms with Gasteiger partial charge in [0.1, 0.15) is 5.82 Å². The highest BCUT2D eigenvalue weighted by atomic mass is 79.9. The van der Waals surface area contributed by atoms with E-state index < -0.39 is 11.7 Å². The van der Waals surface area contributed by atoms with Crippen LogP contribution in [0.1, 0.15) is 15.9 Å². The summed E-state index contributed by atoms with van der Waals surface area (Å²) in [5, 5.41) is 14.0. The largest absolute Gasteiger partial charge is 0.409 e. The second-order valence-corrected chi connectivity index (χ2v) is 5.06. The van der Waals surface area contributed by atoms with Crippen LogP contribution in [0.5, 0.6) is 0 Å². The molecule has 0 atom stereocenters. The van der Waals surface area contributed by atoms with Gasteiger partial charge >= 0.3 is 0 Å². The predicted molar refractivity (Wildman–Crippen MR) is 81.0 cm³/mol. The number of carbonyl (C=O) groups is 1. The van der Waals surface area contributed by atoms with Crippen LogP contribution in [-0.4, -0.2) is 17.0 Å². The molecule has 0 aliphatic heterocycles. The van der Waals surface area contributed by atoms with E-state index in [0.717, 1.165) is 0 Å². The van der Waals surface area contributed by atoms with E-state index in [9.17, 15) is 9.18 Å². The number of nitrogens with one attached hydrogen (secondary N) is 1. The first-order valence-electron chi connectivity index (χ1n) is 5.85. The molecule has 0 aromatic heterocycles. The third-order valence-corrected chi connectivity index (χ3v) is 3.21. The Labute approximate surface area is 128 Å². The van der Waals surface area contributed by atoms with Crippen molar-refractivity contribution in [3.8, 4) is 0 Å². The average Bonchev–Trinajstić information content (AvgIpc) is 2.49. The van der Waals surface area contributed by atoms with E-state index in [1.807, 2.05) is 0 Å². The summed E-state index contributed by atoms with van der Waals surface area (Å²) in [5.41, 5.74) is 6.34. The predicted octanol–water partition coefficient (Wildman–Crippen LogP) is 2.94. The lowest BCUT2D eigenvalue weighted by molar-refractivity contribution is 0.102.